The predicted octanol–water partition coefficient (Wildman–Crippen LogP) is 4.76. The monoisotopic (exact) mass is 287 g/mol. The van der Waals surface area contributed by atoms with Gasteiger partial charge >= 0.3 is 0 Å². The molecule has 1 aromatic heterocycles. The van der Waals surface area contributed by atoms with Crippen LogP contribution in [0.3, 0.4) is 0 Å². The Morgan fingerprint density at radius 3 is 2.62 bits per heavy atom. The lowest BCUT2D eigenvalue weighted by Gasteiger charge is -2.16. The van der Waals surface area contributed by atoms with Gasteiger partial charge in [0.05, 0.1) is 0 Å². The van der Waals surface area contributed by atoms with Crippen LogP contribution in [0.5, 0.6) is 0 Å². The number of rotatable bonds is 2. The molecule has 1 aromatic carbocycles. The molecule has 21 heavy (non-hydrogen) atoms. The fourth-order valence-corrected chi connectivity index (χ4v) is 3.23. The molecule has 1 heterocycles. The summed E-state index contributed by atoms with van der Waals surface area (Å²) in [6, 6.07) is 6.88. The summed E-state index contributed by atoms with van der Waals surface area (Å²) < 4.78 is 57.3. The van der Waals surface area contributed by atoms with Crippen LogP contribution >= 0.6 is 0 Å². The molecule has 0 unspecified atom stereocenters. The number of benzene rings is 1. The fourth-order valence-electron chi connectivity index (χ4n) is 3.23. The van der Waals surface area contributed by atoms with E-state index in [1.165, 1.54) is 0 Å². The molecule has 1 aliphatic carbocycles. The lowest BCUT2D eigenvalue weighted by molar-refractivity contribution is -0.660. The number of hydrogen-bond acceptors (Lipinski definition) is 0. The summed E-state index contributed by atoms with van der Waals surface area (Å²) in [5, 5.41) is 0. The van der Waals surface area contributed by atoms with E-state index in [1.54, 1.807) is 36.0 Å². The van der Waals surface area contributed by atoms with E-state index in [0.29, 0.717) is 18.4 Å². The summed E-state index contributed by atoms with van der Waals surface area (Å²) in [6.45, 7) is -2.60. The standard InChI is InChI=1S/C20H26N/c1-14-9-10-20(21(4)13-14)19-12-18(15(2)11-16(19)3)17-7-5-6-8-17/h9-13,17H,5-8H2,1-4H3/q+1/i1D3,2D3,17D. The quantitative estimate of drug-likeness (QED) is 0.701. The lowest BCUT2D eigenvalue weighted by atomic mass is 9.89. The first-order chi connectivity index (χ1) is 12.8. The average molecular weight is 287 g/mol. The number of aromatic nitrogens is 1. The Morgan fingerprint density at radius 1 is 1.14 bits per heavy atom. The van der Waals surface area contributed by atoms with E-state index in [1.807, 2.05) is 13.0 Å². The van der Waals surface area contributed by atoms with Gasteiger partial charge in [0.2, 0.25) is 5.69 Å². The van der Waals surface area contributed by atoms with Gasteiger partial charge in [-0.3, -0.25) is 0 Å². The van der Waals surface area contributed by atoms with Gasteiger partial charge in [0.1, 0.15) is 7.05 Å². The molecule has 0 bridgehead atoms. The largest absolute Gasteiger partial charge is 0.212 e. The third-order valence-electron chi connectivity index (χ3n) is 4.36. The van der Waals surface area contributed by atoms with E-state index in [-0.39, 0.29) is 11.1 Å². The summed E-state index contributed by atoms with van der Waals surface area (Å²) in [5.41, 5.74) is 3.52. The number of aryl methyl sites for hydroxylation is 4. The molecule has 1 nitrogen and oxygen atoms in total. The van der Waals surface area contributed by atoms with Crippen molar-refractivity contribution >= 4 is 0 Å². The highest BCUT2D eigenvalue weighted by atomic mass is 14.9. The third kappa shape index (κ3) is 2.74. The summed E-state index contributed by atoms with van der Waals surface area (Å²) >= 11 is 0. The first-order valence-corrected chi connectivity index (χ1v) is 7.49. The van der Waals surface area contributed by atoms with E-state index in [4.69, 9.17) is 9.60 Å². The van der Waals surface area contributed by atoms with Gasteiger partial charge in [0.25, 0.3) is 0 Å². The predicted molar refractivity (Wildman–Crippen MR) is 88.5 cm³/mol. The average Bonchev–Trinajstić information content (AvgIpc) is 3.01. The second kappa shape index (κ2) is 5.63. The smallest absolute Gasteiger partial charge is 0.201 e. The Morgan fingerprint density at radius 2 is 1.95 bits per heavy atom. The van der Waals surface area contributed by atoms with Crippen molar-refractivity contribution in [3.05, 3.63) is 52.7 Å². The Hall–Kier alpha value is -1.63. The highest BCUT2D eigenvalue weighted by Gasteiger charge is 2.21. The molecule has 0 N–H and O–H groups in total. The van der Waals surface area contributed by atoms with Crippen LogP contribution in [0, 0.1) is 20.6 Å². The van der Waals surface area contributed by atoms with Gasteiger partial charge < -0.3 is 0 Å². The minimum Gasteiger partial charge on any atom is -0.201 e. The summed E-state index contributed by atoms with van der Waals surface area (Å²) in [4.78, 5) is 0. The van der Waals surface area contributed by atoms with Crippen molar-refractivity contribution in [1.29, 1.82) is 0 Å². The SMILES string of the molecule is [2H]C([2H])([2H])c1ccc(-c2cc(C3([2H])CCCC3)c(C([2H])([2H])[2H])cc2C)[n+](C)c1. The van der Waals surface area contributed by atoms with Crippen molar-refractivity contribution in [2.45, 2.75) is 52.2 Å². The molecule has 1 aliphatic rings. The maximum Gasteiger partial charge on any atom is 0.212 e. The number of pyridine rings is 1. The van der Waals surface area contributed by atoms with Crippen molar-refractivity contribution in [3.8, 4) is 11.3 Å². The summed E-state index contributed by atoms with van der Waals surface area (Å²) in [5.74, 6) is -0.886. The molecule has 0 aliphatic heterocycles. The topological polar surface area (TPSA) is 3.88 Å². The Balaban J connectivity index is 2.21. The molecule has 1 heteroatoms. The van der Waals surface area contributed by atoms with E-state index in [9.17, 15) is 0 Å². The first kappa shape index (κ1) is 8.12. The van der Waals surface area contributed by atoms with Gasteiger partial charge in [-0.25, -0.2) is 4.57 Å². The fraction of sp³-hybridized carbons (Fsp3) is 0.450. The molecule has 0 saturated heterocycles. The summed E-state index contributed by atoms with van der Waals surface area (Å²) in [7, 11) is 1.79. The van der Waals surface area contributed by atoms with E-state index in [0.717, 1.165) is 29.7 Å². The molecule has 2 aromatic rings. The van der Waals surface area contributed by atoms with Crippen LogP contribution in [-0.2, 0) is 7.05 Å². The molecule has 0 spiro atoms. The molecule has 110 valence electrons. The second-order valence-electron chi connectivity index (χ2n) is 5.94. The number of nitrogens with zero attached hydrogens (tertiary/aromatic N) is 1. The van der Waals surface area contributed by atoms with Crippen LogP contribution in [0.1, 0.15) is 63.4 Å². The first-order valence-electron chi connectivity index (χ1n) is 11.0. The maximum absolute atomic E-state index is 8.91. The van der Waals surface area contributed by atoms with Crippen LogP contribution in [0.4, 0.5) is 0 Å². The molecule has 0 atom stereocenters. The van der Waals surface area contributed by atoms with Gasteiger partial charge in [-0.15, -0.1) is 0 Å². The maximum atomic E-state index is 8.91. The lowest BCUT2D eigenvalue weighted by Crippen LogP contribution is -2.31. The highest BCUT2D eigenvalue weighted by molar-refractivity contribution is 5.63. The zero-order chi connectivity index (χ0) is 20.9. The van der Waals surface area contributed by atoms with Gasteiger partial charge in [-0.2, -0.15) is 0 Å². The Bertz CT molecular complexity index is 891. The van der Waals surface area contributed by atoms with E-state index in [2.05, 4.69) is 0 Å². The zero-order valence-corrected chi connectivity index (χ0v) is 12.7. The van der Waals surface area contributed by atoms with Gasteiger partial charge in [-0.05, 0) is 68.2 Å². The molecule has 3 rings (SSSR count). The van der Waals surface area contributed by atoms with Crippen molar-refractivity contribution in [1.82, 2.24) is 0 Å². The van der Waals surface area contributed by atoms with Crippen molar-refractivity contribution in [2.24, 2.45) is 7.05 Å². The van der Waals surface area contributed by atoms with Crippen LogP contribution < -0.4 is 4.57 Å². The molecule has 1 saturated carbocycles. The van der Waals surface area contributed by atoms with E-state index >= 15 is 0 Å². The minimum absolute atomic E-state index is 0.253. The molecular weight excluding hydrogens is 254 g/mol. The molecule has 0 radical (unpaired) electrons. The van der Waals surface area contributed by atoms with Crippen molar-refractivity contribution < 1.29 is 14.2 Å². The second-order valence-corrected chi connectivity index (χ2v) is 5.94. The Labute approximate surface area is 138 Å². The number of hydrogen-bond donors (Lipinski definition) is 0. The molecule has 0 amide bonds. The van der Waals surface area contributed by atoms with Crippen LogP contribution in [-0.4, -0.2) is 0 Å². The third-order valence-corrected chi connectivity index (χ3v) is 4.36. The normalized spacial score (nSPS) is 23.2. The van der Waals surface area contributed by atoms with Gasteiger partial charge in [-0.1, -0.05) is 18.9 Å². The van der Waals surface area contributed by atoms with Crippen LogP contribution in [0.15, 0.2) is 30.5 Å². The van der Waals surface area contributed by atoms with Crippen molar-refractivity contribution in [2.75, 3.05) is 0 Å². The van der Waals surface area contributed by atoms with Crippen LogP contribution in [0.2, 0.25) is 0 Å². The van der Waals surface area contributed by atoms with Gasteiger partial charge in [0, 0.05) is 26.8 Å². The molecular formula is C20H26N+. The zero-order valence-electron chi connectivity index (χ0n) is 19.7. The van der Waals surface area contributed by atoms with Crippen LogP contribution in [0.25, 0.3) is 11.3 Å². The highest BCUT2D eigenvalue weighted by Crippen LogP contribution is 2.38. The van der Waals surface area contributed by atoms with Gasteiger partial charge in [0.15, 0.2) is 6.20 Å². The Kier molecular flexibility index (Phi) is 2.18. The minimum atomic E-state index is -2.28. The molecule has 1 fully saturated rings. The van der Waals surface area contributed by atoms with Crippen molar-refractivity contribution in [3.63, 3.8) is 0 Å². The summed E-state index contributed by atoms with van der Waals surface area (Å²) in [6.07, 6.45) is 4.75. The van der Waals surface area contributed by atoms with E-state index < -0.39 is 19.6 Å².